The Kier molecular flexibility index (Phi) is 3.27. The quantitative estimate of drug-likeness (QED) is 0.627. The van der Waals surface area contributed by atoms with Crippen LogP contribution in [0.3, 0.4) is 0 Å². The van der Waals surface area contributed by atoms with E-state index in [1.165, 1.54) is 5.56 Å². The monoisotopic (exact) mass is 229 g/mol. The maximum atomic E-state index is 5.30. The smallest absolute Gasteiger partial charge is 0.149 e. The molecule has 0 spiro atoms. The van der Waals surface area contributed by atoms with E-state index in [-0.39, 0.29) is 0 Å². The summed E-state index contributed by atoms with van der Waals surface area (Å²) in [5, 5.41) is 0. The SMILES string of the molecule is Cc1cc[n+](NC(=S)c2ccccc2)cc1. The van der Waals surface area contributed by atoms with Gasteiger partial charge < -0.3 is 0 Å². The molecule has 0 fully saturated rings. The van der Waals surface area contributed by atoms with Gasteiger partial charge in [-0.15, -0.1) is 5.43 Å². The summed E-state index contributed by atoms with van der Waals surface area (Å²) >= 11 is 5.30. The van der Waals surface area contributed by atoms with Crippen molar-refractivity contribution in [3.8, 4) is 0 Å². The van der Waals surface area contributed by atoms with Crippen molar-refractivity contribution in [2.75, 3.05) is 5.43 Å². The van der Waals surface area contributed by atoms with Crippen molar-refractivity contribution in [2.45, 2.75) is 6.92 Å². The molecule has 0 aliphatic carbocycles. The summed E-state index contributed by atoms with van der Waals surface area (Å²) in [6, 6.07) is 14.0. The second-order valence-electron chi connectivity index (χ2n) is 3.59. The van der Waals surface area contributed by atoms with Crippen molar-refractivity contribution >= 4 is 17.2 Å². The van der Waals surface area contributed by atoms with E-state index in [0.29, 0.717) is 0 Å². The highest BCUT2D eigenvalue weighted by molar-refractivity contribution is 7.81. The predicted octanol–water partition coefficient (Wildman–Crippen LogP) is 2.20. The number of rotatable bonds is 2. The number of nitrogens with zero attached hydrogens (tertiary/aromatic N) is 1. The van der Waals surface area contributed by atoms with Crippen LogP contribution >= 0.6 is 12.2 Å². The van der Waals surface area contributed by atoms with E-state index >= 15 is 0 Å². The molecule has 1 N–H and O–H groups in total. The van der Waals surface area contributed by atoms with Crippen LogP contribution in [-0.4, -0.2) is 4.99 Å². The van der Waals surface area contributed by atoms with E-state index in [1.807, 2.05) is 59.5 Å². The summed E-state index contributed by atoms with van der Waals surface area (Å²) in [4.78, 5) is 0.717. The fraction of sp³-hybridized carbons (Fsp3) is 0.0769. The highest BCUT2D eigenvalue weighted by Crippen LogP contribution is 1.99. The maximum absolute atomic E-state index is 5.30. The molecule has 0 aliphatic rings. The van der Waals surface area contributed by atoms with E-state index in [9.17, 15) is 0 Å². The van der Waals surface area contributed by atoms with Crippen LogP contribution in [0.5, 0.6) is 0 Å². The van der Waals surface area contributed by atoms with Gasteiger partial charge in [-0.05, 0) is 12.5 Å². The van der Waals surface area contributed by atoms with E-state index in [1.54, 1.807) is 0 Å². The molecule has 0 aliphatic heterocycles. The Morgan fingerprint density at radius 1 is 1.06 bits per heavy atom. The Balaban J connectivity index is 2.11. The summed E-state index contributed by atoms with van der Waals surface area (Å²) in [6.45, 7) is 2.06. The van der Waals surface area contributed by atoms with Crippen LogP contribution in [0.25, 0.3) is 0 Å². The van der Waals surface area contributed by atoms with Crippen LogP contribution in [0.2, 0.25) is 0 Å². The zero-order valence-electron chi connectivity index (χ0n) is 9.05. The summed E-state index contributed by atoms with van der Waals surface area (Å²) < 4.78 is 1.85. The number of nitrogens with one attached hydrogen (secondary N) is 1. The van der Waals surface area contributed by atoms with Crippen LogP contribution in [-0.2, 0) is 0 Å². The topological polar surface area (TPSA) is 15.9 Å². The Bertz CT molecular complexity index is 477. The lowest BCUT2D eigenvalue weighted by Gasteiger charge is -2.02. The summed E-state index contributed by atoms with van der Waals surface area (Å²) in [7, 11) is 0. The first kappa shape index (κ1) is 10.8. The number of thiocarbonyl (C=S) groups is 1. The van der Waals surface area contributed by atoms with Gasteiger partial charge in [0, 0.05) is 17.7 Å². The molecule has 0 radical (unpaired) electrons. The summed E-state index contributed by atoms with van der Waals surface area (Å²) in [5.74, 6) is 0. The van der Waals surface area contributed by atoms with Crippen molar-refractivity contribution in [1.29, 1.82) is 0 Å². The molecule has 2 nitrogen and oxygen atoms in total. The molecule has 0 unspecified atom stereocenters. The third-order valence-electron chi connectivity index (χ3n) is 2.26. The Labute approximate surface area is 101 Å². The first-order chi connectivity index (χ1) is 7.75. The molecule has 0 bridgehead atoms. The average Bonchev–Trinajstić information content (AvgIpc) is 2.33. The van der Waals surface area contributed by atoms with Gasteiger partial charge in [-0.25, -0.2) is 0 Å². The Morgan fingerprint density at radius 2 is 1.69 bits per heavy atom. The van der Waals surface area contributed by atoms with Crippen LogP contribution in [0, 0.1) is 6.92 Å². The molecule has 0 amide bonds. The lowest BCUT2D eigenvalue weighted by Crippen LogP contribution is -2.47. The molecular formula is C13H13N2S+. The first-order valence-electron chi connectivity index (χ1n) is 5.10. The number of aromatic nitrogens is 1. The largest absolute Gasteiger partial charge is 0.200 e. The number of aryl methyl sites for hydroxylation is 1. The molecule has 2 aromatic rings. The first-order valence-corrected chi connectivity index (χ1v) is 5.51. The molecule has 0 saturated carbocycles. The van der Waals surface area contributed by atoms with Crippen LogP contribution in [0.4, 0.5) is 0 Å². The van der Waals surface area contributed by atoms with Crippen molar-refractivity contribution in [3.05, 3.63) is 66.0 Å². The minimum Gasteiger partial charge on any atom is -0.149 e. The van der Waals surface area contributed by atoms with Gasteiger partial charge in [0.25, 0.3) is 0 Å². The van der Waals surface area contributed by atoms with Gasteiger partial charge in [0.05, 0.1) is 0 Å². The summed E-state index contributed by atoms with van der Waals surface area (Å²) in [5.41, 5.74) is 5.38. The van der Waals surface area contributed by atoms with Gasteiger partial charge in [-0.3, -0.25) is 0 Å². The van der Waals surface area contributed by atoms with E-state index in [4.69, 9.17) is 12.2 Å². The average molecular weight is 229 g/mol. The Hall–Kier alpha value is -1.74. The van der Waals surface area contributed by atoms with E-state index < -0.39 is 0 Å². The minimum atomic E-state index is 0.717. The van der Waals surface area contributed by atoms with Gasteiger partial charge in [0.15, 0.2) is 17.4 Å². The second-order valence-corrected chi connectivity index (χ2v) is 4.00. The zero-order valence-corrected chi connectivity index (χ0v) is 9.87. The van der Waals surface area contributed by atoms with Crippen LogP contribution in [0.15, 0.2) is 54.9 Å². The maximum Gasteiger partial charge on any atom is 0.200 e. The van der Waals surface area contributed by atoms with Gasteiger partial charge >= 0.3 is 0 Å². The zero-order chi connectivity index (χ0) is 11.4. The predicted molar refractivity (Wildman–Crippen MR) is 68.9 cm³/mol. The van der Waals surface area contributed by atoms with Crippen molar-refractivity contribution < 1.29 is 4.68 Å². The molecule has 3 heteroatoms. The molecule has 0 saturated heterocycles. The van der Waals surface area contributed by atoms with E-state index in [2.05, 4.69) is 12.3 Å². The van der Waals surface area contributed by atoms with Gasteiger partial charge in [0.2, 0.25) is 0 Å². The van der Waals surface area contributed by atoms with Gasteiger partial charge in [-0.1, -0.05) is 47.2 Å². The molecule has 1 aromatic heterocycles. The van der Waals surface area contributed by atoms with Crippen molar-refractivity contribution in [3.63, 3.8) is 0 Å². The Morgan fingerprint density at radius 3 is 2.31 bits per heavy atom. The third kappa shape index (κ3) is 2.64. The normalized spacial score (nSPS) is 9.81. The molecular weight excluding hydrogens is 216 g/mol. The van der Waals surface area contributed by atoms with Crippen LogP contribution in [0.1, 0.15) is 11.1 Å². The lowest BCUT2D eigenvalue weighted by molar-refractivity contribution is -0.640. The molecule has 2 rings (SSSR count). The van der Waals surface area contributed by atoms with Crippen LogP contribution < -0.4 is 10.1 Å². The molecule has 1 heterocycles. The number of hydrogen-bond donors (Lipinski definition) is 1. The molecule has 16 heavy (non-hydrogen) atoms. The lowest BCUT2D eigenvalue weighted by atomic mass is 10.2. The number of pyridine rings is 1. The highest BCUT2D eigenvalue weighted by Gasteiger charge is 2.04. The minimum absolute atomic E-state index is 0.717. The van der Waals surface area contributed by atoms with Gasteiger partial charge in [0.1, 0.15) is 0 Å². The molecule has 0 atom stereocenters. The number of hydrogen-bond acceptors (Lipinski definition) is 1. The fourth-order valence-electron chi connectivity index (χ4n) is 1.35. The standard InChI is InChI=1S/C13H12N2S/c1-11-7-9-15(10-8-11)14-13(16)12-5-3-2-4-6-12/h2-10H,1H3/p+1. The molecule has 1 aromatic carbocycles. The van der Waals surface area contributed by atoms with Crippen molar-refractivity contribution in [2.24, 2.45) is 0 Å². The highest BCUT2D eigenvalue weighted by atomic mass is 32.1. The van der Waals surface area contributed by atoms with Crippen molar-refractivity contribution in [1.82, 2.24) is 0 Å². The number of benzene rings is 1. The fourth-order valence-corrected chi connectivity index (χ4v) is 1.59. The summed E-state index contributed by atoms with van der Waals surface area (Å²) in [6.07, 6.45) is 3.90. The van der Waals surface area contributed by atoms with Gasteiger partial charge in [-0.2, -0.15) is 0 Å². The molecule has 80 valence electrons. The van der Waals surface area contributed by atoms with E-state index in [0.717, 1.165) is 10.6 Å². The second kappa shape index (κ2) is 4.86. The third-order valence-corrected chi connectivity index (χ3v) is 2.59.